The van der Waals surface area contributed by atoms with E-state index in [1.54, 1.807) is 9.80 Å². The van der Waals surface area contributed by atoms with Crippen molar-refractivity contribution in [1.29, 1.82) is 0 Å². The minimum absolute atomic E-state index is 0.0637. The number of nitrogens with zero attached hydrogens (tertiary/aromatic N) is 2. The number of benzene rings is 1. The third-order valence-electron chi connectivity index (χ3n) is 3.69. The normalized spacial score (nSPS) is 16.3. The van der Waals surface area contributed by atoms with E-state index in [0.717, 1.165) is 11.3 Å². The number of hydrogen-bond donors (Lipinski definition) is 2. The Labute approximate surface area is 131 Å². The third kappa shape index (κ3) is 4.46. The van der Waals surface area contributed by atoms with Crippen LogP contribution in [-0.2, 0) is 4.79 Å². The summed E-state index contributed by atoms with van der Waals surface area (Å²) in [5.74, 6) is 0.0637. The first-order valence-electron chi connectivity index (χ1n) is 7.61. The molecule has 2 rings (SSSR count). The van der Waals surface area contributed by atoms with Gasteiger partial charge < -0.3 is 20.9 Å². The van der Waals surface area contributed by atoms with Gasteiger partial charge in [-0.1, -0.05) is 12.1 Å². The van der Waals surface area contributed by atoms with Crippen LogP contribution in [0.3, 0.4) is 0 Å². The molecule has 1 heterocycles. The van der Waals surface area contributed by atoms with E-state index in [1.165, 1.54) is 0 Å². The van der Waals surface area contributed by atoms with E-state index in [2.05, 4.69) is 5.32 Å². The van der Waals surface area contributed by atoms with E-state index in [1.807, 2.05) is 38.1 Å². The number of nitrogens with one attached hydrogen (secondary N) is 1. The molecule has 1 aliphatic rings. The fraction of sp³-hybridized carbons (Fsp3) is 0.500. The van der Waals surface area contributed by atoms with E-state index < -0.39 is 0 Å². The van der Waals surface area contributed by atoms with Crippen LogP contribution < -0.4 is 11.1 Å². The van der Waals surface area contributed by atoms with Gasteiger partial charge in [-0.25, -0.2) is 4.79 Å². The summed E-state index contributed by atoms with van der Waals surface area (Å²) in [6.45, 7) is 6.02. The van der Waals surface area contributed by atoms with Crippen molar-refractivity contribution >= 4 is 17.6 Å². The summed E-state index contributed by atoms with van der Waals surface area (Å²) in [5.41, 5.74) is 7.54. The molecule has 0 spiro atoms. The van der Waals surface area contributed by atoms with Crippen LogP contribution in [0.2, 0.25) is 0 Å². The van der Waals surface area contributed by atoms with Gasteiger partial charge in [-0.3, -0.25) is 4.79 Å². The van der Waals surface area contributed by atoms with Crippen LogP contribution in [0.15, 0.2) is 24.3 Å². The quantitative estimate of drug-likeness (QED) is 0.886. The highest BCUT2D eigenvalue weighted by molar-refractivity contribution is 5.89. The Bertz CT molecular complexity index is 537. The van der Waals surface area contributed by atoms with Gasteiger partial charge >= 0.3 is 6.03 Å². The highest BCUT2D eigenvalue weighted by Gasteiger charge is 2.24. The second-order valence-electron chi connectivity index (χ2n) is 5.85. The van der Waals surface area contributed by atoms with Crippen LogP contribution in [0, 0.1) is 6.92 Å². The summed E-state index contributed by atoms with van der Waals surface area (Å²) in [7, 11) is 0. The molecule has 1 aliphatic heterocycles. The van der Waals surface area contributed by atoms with Gasteiger partial charge in [0.15, 0.2) is 0 Å². The lowest BCUT2D eigenvalue weighted by molar-refractivity contribution is -0.132. The summed E-state index contributed by atoms with van der Waals surface area (Å²) < 4.78 is 0. The monoisotopic (exact) mass is 304 g/mol. The van der Waals surface area contributed by atoms with Crippen molar-refractivity contribution in [3.8, 4) is 0 Å². The van der Waals surface area contributed by atoms with E-state index in [9.17, 15) is 9.59 Å². The molecule has 1 unspecified atom stereocenters. The van der Waals surface area contributed by atoms with Crippen LogP contribution >= 0.6 is 0 Å². The van der Waals surface area contributed by atoms with Crippen molar-refractivity contribution in [3.05, 3.63) is 29.8 Å². The molecule has 1 aromatic carbocycles. The first-order chi connectivity index (χ1) is 10.5. The van der Waals surface area contributed by atoms with Crippen LogP contribution in [-0.4, -0.2) is 54.0 Å². The molecular weight excluding hydrogens is 280 g/mol. The SMILES string of the molecule is Cc1cccc(NC(=O)N2CCN(C(=O)CC(C)N)CC2)c1. The van der Waals surface area contributed by atoms with Crippen molar-refractivity contribution in [1.82, 2.24) is 9.80 Å². The van der Waals surface area contributed by atoms with E-state index in [4.69, 9.17) is 5.73 Å². The van der Waals surface area contributed by atoms with Gasteiger partial charge in [0.2, 0.25) is 5.91 Å². The Hall–Kier alpha value is -2.08. The third-order valence-corrected chi connectivity index (χ3v) is 3.69. The van der Waals surface area contributed by atoms with Gasteiger partial charge in [-0.05, 0) is 31.5 Å². The van der Waals surface area contributed by atoms with Gasteiger partial charge in [-0.15, -0.1) is 0 Å². The van der Waals surface area contributed by atoms with Crippen molar-refractivity contribution in [3.63, 3.8) is 0 Å². The summed E-state index contributed by atoms with van der Waals surface area (Å²) in [6, 6.07) is 7.45. The number of rotatable bonds is 3. The second-order valence-corrected chi connectivity index (χ2v) is 5.85. The molecule has 22 heavy (non-hydrogen) atoms. The number of urea groups is 1. The molecule has 1 aromatic rings. The van der Waals surface area contributed by atoms with E-state index >= 15 is 0 Å². The number of anilines is 1. The summed E-state index contributed by atoms with van der Waals surface area (Å²) in [4.78, 5) is 27.7. The fourth-order valence-electron chi connectivity index (χ4n) is 2.49. The summed E-state index contributed by atoms with van der Waals surface area (Å²) in [6.07, 6.45) is 0.357. The van der Waals surface area contributed by atoms with E-state index in [-0.39, 0.29) is 18.0 Å². The predicted molar refractivity (Wildman–Crippen MR) is 86.6 cm³/mol. The maximum atomic E-state index is 12.2. The topological polar surface area (TPSA) is 78.7 Å². The molecule has 0 saturated carbocycles. The minimum Gasteiger partial charge on any atom is -0.339 e. The first kappa shape index (κ1) is 16.3. The molecule has 1 saturated heterocycles. The highest BCUT2D eigenvalue weighted by atomic mass is 16.2. The molecule has 6 nitrogen and oxygen atoms in total. The minimum atomic E-state index is -0.129. The van der Waals surface area contributed by atoms with Gasteiger partial charge in [0.25, 0.3) is 0 Å². The number of aryl methyl sites for hydroxylation is 1. The standard InChI is InChI=1S/C16H24N4O2/c1-12-4-3-5-14(10-12)18-16(22)20-8-6-19(7-9-20)15(21)11-13(2)17/h3-5,10,13H,6-9,11,17H2,1-2H3,(H,18,22). The number of nitrogens with two attached hydrogens (primary N) is 1. The van der Waals surface area contributed by atoms with Crippen molar-refractivity contribution in [2.24, 2.45) is 5.73 Å². The van der Waals surface area contributed by atoms with Crippen molar-refractivity contribution < 1.29 is 9.59 Å². The summed E-state index contributed by atoms with van der Waals surface area (Å²) in [5, 5.41) is 2.89. The zero-order valence-electron chi connectivity index (χ0n) is 13.2. The largest absolute Gasteiger partial charge is 0.339 e. The smallest absolute Gasteiger partial charge is 0.321 e. The molecule has 0 bridgehead atoms. The molecule has 0 radical (unpaired) electrons. The van der Waals surface area contributed by atoms with Crippen molar-refractivity contribution in [2.75, 3.05) is 31.5 Å². The Morgan fingerprint density at radius 3 is 2.45 bits per heavy atom. The predicted octanol–water partition coefficient (Wildman–Crippen LogP) is 1.41. The number of carbonyl (C=O) groups excluding carboxylic acids is 2. The van der Waals surface area contributed by atoms with Crippen LogP contribution in [0.25, 0.3) is 0 Å². The average Bonchev–Trinajstić information content (AvgIpc) is 2.46. The Morgan fingerprint density at radius 2 is 1.86 bits per heavy atom. The van der Waals surface area contributed by atoms with Crippen LogP contribution in [0.1, 0.15) is 18.9 Å². The average molecular weight is 304 g/mol. The zero-order chi connectivity index (χ0) is 16.1. The van der Waals surface area contributed by atoms with Crippen molar-refractivity contribution in [2.45, 2.75) is 26.3 Å². The van der Waals surface area contributed by atoms with Gasteiger partial charge in [-0.2, -0.15) is 0 Å². The van der Waals surface area contributed by atoms with Gasteiger partial charge in [0.1, 0.15) is 0 Å². The lowest BCUT2D eigenvalue weighted by Gasteiger charge is -2.35. The van der Waals surface area contributed by atoms with E-state index in [0.29, 0.717) is 32.6 Å². The van der Waals surface area contributed by atoms with Gasteiger partial charge in [0.05, 0.1) is 0 Å². The molecule has 3 amide bonds. The van der Waals surface area contributed by atoms with Crippen LogP contribution in [0.5, 0.6) is 0 Å². The molecular formula is C16H24N4O2. The maximum Gasteiger partial charge on any atom is 0.321 e. The first-order valence-corrected chi connectivity index (χ1v) is 7.61. The molecule has 6 heteroatoms. The van der Waals surface area contributed by atoms with Gasteiger partial charge in [0, 0.05) is 44.3 Å². The molecule has 1 fully saturated rings. The number of carbonyl (C=O) groups is 2. The Kier molecular flexibility index (Phi) is 5.38. The summed E-state index contributed by atoms with van der Waals surface area (Å²) >= 11 is 0. The molecule has 120 valence electrons. The lowest BCUT2D eigenvalue weighted by Crippen LogP contribution is -2.52. The molecule has 0 aliphatic carbocycles. The lowest BCUT2D eigenvalue weighted by atomic mass is 10.2. The molecule has 3 N–H and O–H groups in total. The highest BCUT2D eigenvalue weighted by Crippen LogP contribution is 2.12. The fourth-order valence-corrected chi connectivity index (χ4v) is 2.49. The molecule has 1 atom stereocenters. The number of amides is 3. The zero-order valence-corrected chi connectivity index (χ0v) is 13.2. The number of hydrogen-bond acceptors (Lipinski definition) is 3. The molecule has 0 aromatic heterocycles. The Morgan fingerprint density at radius 1 is 1.23 bits per heavy atom. The number of piperazine rings is 1. The van der Waals surface area contributed by atoms with Crippen LogP contribution in [0.4, 0.5) is 10.5 Å². The maximum absolute atomic E-state index is 12.2. The Balaban J connectivity index is 1.83. The second kappa shape index (κ2) is 7.26.